The molecule has 1 saturated carbocycles. The SMILES string of the molecule is CCO[Si](CCCNC(=S)NC1CCCCC1)(OCC)OCC. The fraction of sp³-hybridized carbons (Fsp3) is 0.938. The van der Waals surface area contributed by atoms with Crippen molar-refractivity contribution in [1.82, 2.24) is 10.6 Å². The second-order valence-corrected chi connectivity index (χ2v) is 8.96. The Hall–Kier alpha value is -0.213. The van der Waals surface area contributed by atoms with Crippen molar-refractivity contribution in [3.63, 3.8) is 0 Å². The van der Waals surface area contributed by atoms with Crippen molar-refractivity contribution in [1.29, 1.82) is 0 Å². The normalized spacial score (nSPS) is 16.3. The maximum absolute atomic E-state index is 5.86. The largest absolute Gasteiger partial charge is 0.500 e. The van der Waals surface area contributed by atoms with Gasteiger partial charge in [-0.15, -0.1) is 0 Å². The predicted octanol–water partition coefficient (Wildman–Crippen LogP) is 3.22. The second kappa shape index (κ2) is 12.2. The van der Waals surface area contributed by atoms with Crippen LogP contribution in [0.4, 0.5) is 0 Å². The quantitative estimate of drug-likeness (QED) is 0.334. The molecule has 1 fully saturated rings. The van der Waals surface area contributed by atoms with E-state index in [9.17, 15) is 0 Å². The molecule has 1 aliphatic carbocycles. The van der Waals surface area contributed by atoms with E-state index in [1.54, 1.807) is 0 Å². The lowest BCUT2D eigenvalue weighted by Crippen LogP contribution is -2.47. The molecule has 0 saturated heterocycles. The van der Waals surface area contributed by atoms with Crippen LogP contribution in [0.1, 0.15) is 59.3 Å². The van der Waals surface area contributed by atoms with Gasteiger partial charge in [-0.3, -0.25) is 0 Å². The number of hydrogen-bond acceptors (Lipinski definition) is 4. The van der Waals surface area contributed by atoms with Gasteiger partial charge in [-0.2, -0.15) is 0 Å². The first kappa shape index (κ1) is 20.8. The van der Waals surface area contributed by atoms with Crippen LogP contribution in [0.15, 0.2) is 0 Å². The Morgan fingerprint density at radius 2 is 1.57 bits per heavy atom. The van der Waals surface area contributed by atoms with Crippen LogP contribution < -0.4 is 10.6 Å². The standard InChI is InChI=1S/C16H34N2O3SSi/c1-4-19-23(20-5-2,21-6-3)14-10-13-17-16(22)18-15-11-8-7-9-12-15/h15H,4-14H2,1-3H3,(H2,17,18,22). The Labute approximate surface area is 148 Å². The van der Waals surface area contributed by atoms with E-state index < -0.39 is 8.80 Å². The number of nitrogens with one attached hydrogen (secondary N) is 2. The molecular weight excluding hydrogens is 328 g/mol. The molecule has 5 nitrogen and oxygen atoms in total. The molecule has 0 aromatic carbocycles. The van der Waals surface area contributed by atoms with E-state index in [1.165, 1.54) is 32.1 Å². The highest BCUT2D eigenvalue weighted by molar-refractivity contribution is 7.80. The van der Waals surface area contributed by atoms with Crippen LogP contribution in [0, 0.1) is 0 Å². The number of thiocarbonyl (C=S) groups is 1. The molecule has 0 aromatic heterocycles. The predicted molar refractivity (Wildman–Crippen MR) is 101 cm³/mol. The summed E-state index contributed by atoms with van der Waals surface area (Å²) >= 11 is 5.39. The van der Waals surface area contributed by atoms with Gasteiger partial charge in [-0.1, -0.05) is 19.3 Å². The Bertz CT molecular complexity index is 311. The Morgan fingerprint density at radius 3 is 2.09 bits per heavy atom. The van der Waals surface area contributed by atoms with E-state index in [4.69, 9.17) is 25.5 Å². The highest BCUT2D eigenvalue weighted by Gasteiger charge is 2.39. The van der Waals surface area contributed by atoms with Crippen LogP contribution in [-0.4, -0.2) is 46.3 Å². The van der Waals surface area contributed by atoms with E-state index in [-0.39, 0.29) is 0 Å². The molecule has 1 rings (SSSR count). The summed E-state index contributed by atoms with van der Waals surface area (Å²) in [5.74, 6) is 0. The molecule has 0 heterocycles. The molecule has 0 aromatic rings. The minimum atomic E-state index is -2.51. The highest BCUT2D eigenvalue weighted by atomic mass is 32.1. The van der Waals surface area contributed by atoms with Gasteiger partial charge < -0.3 is 23.9 Å². The summed E-state index contributed by atoms with van der Waals surface area (Å²) in [6, 6.07) is 1.37. The molecule has 136 valence electrons. The van der Waals surface area contributed by atoms with Crippen molar-refractivity contribution < 1.29 is 13.3 Å². The maximum atomic E-state index is 5.86. The highest BCUT2D eigenvalue weighted by Crippen LogP contribution is 2.18. The zero-order valence-corrected chi connectivity index (χ0v) is 16.8. The molecule has 0 radical (unpaired) electrons. The summed E-state index contributed by atoms with van der Waals surface area (Å²) in [4.78, 5) is 0. The summed E-state index contributed by atoms with van der Waals surface area (Å²) in [5, 5.41) is 7.51. The maximum Gasteiger partial charge on any atom is 0.500 e. The zero-order chi connectivity index (χ0) is 17.0. The lowest BCUT2D eigenvalue weighted by Gasteiger charge is -2.28. The average molecular weight is 363 g/mol. The van der Waals surface area contributed by atoms with Gasteiger partial charge in [-0.05, 0) is 52.3 Å². The van der Waals surface area contributed by atoms with Gasteiger partial charge in [0.25, 0.3) is 0 Å². The van der Waals surface area contributed by atoms with Crippen molar-refractivity contribution in [3.05, 3.63) is 0 Å². The molecule has 1 aliphatic rings. The molecule has 0 atom stereocenters. The van der Waals surface area contributed by atoms with Crippen LogP contribution in [0.2, 0.25) is 6.04 Å². The fourth-order valence-corrected chi connectivity index (χ4v) is 5.87. The van der Waals surface area contributed by atoms with Gasteiger partial charge in [0, 0.05) is 38.5 Å². The molecule has 23 heavy (non-hydrogen) atoms. The van der Waals surface area contributed by atoms with Gasteiger partial charge >= 0.3 is 8.80 Å². The molecule has 0 spiro atoms. The minimum Gasteiger partial charge on any atom is -0.374 e. The molecular formula is C16H34N2O3SSi. The third-order valence-corrected chi connectivity index (χ3v) is 7.39. The Kier molecular flexibility index (Phi) is 11.0. The third-order valence-electron chi connectivity index (χ3n) is 3.98. The van der Waals surface area contributed by atoms with Crippen LogP contribution in [0.3, 0.4) is 0 Å². The van der Waals surface area contributed by atoms with Gasteiger partial charge in [0.2, 0.25) is 0 Å². The molecule has 2 N–H and O–H groups in total. The smallest absolute Gasteiger partial charge is 0.374 e. The van der Waals surface area contributed by atoms with Gasteiger partial charge in [0.05, 0.1) is 0 Å². The van der Waals surface area contributed by atoms with E-state index >= 15 is 0 Å². The van der Waals surface area contributed by atoms with E-state index in [1.807, 2.05) is 20.8 Å². The van der Waals surface area contributed by atoms with E-state index in [0.717, 1.165) is 24.1 Å². The van der Waals surface area contributed by atoms with E-state index in [0.29, 0.717) is 25.9 Å². The lowest BCUT2D eigenvalue weighted by atomic mass is 9.96. The third kappa shape index (κ3) is 8.44. The van der Waals surface area contributed by atoms with Crippen molar-refractivity contribution >= 4 is 26.1 Å². The topological polar surface area (TPSA) is 51.8 Å². The summed E-state index contributed by atoms with van der Waals surface area (Å²) in [6.07, 6.45) is 7.38. The van der Waals surface area contributed by atoms with Gasteiger partial charge in [0.1, 0.15) is 0 Å². The molecule has 0 bridgehead atoms. The summed E-state index contributed by atoms with van der Waals surface area (Å²) in [5.41, 5.74) is 0. The Balaban J connectivity index is 2.27. The second-order valence-electron chi connectivity index (χ2n) is 5.82. The summed E-state index contributed by atoms with van der Waals surface area (Å²) < 4.78 is 17.6. The fourth-order valence-electron chi connectivity index (χ4n) is 2.99. The first-order chi connectivity index (χ1) is 11.2. The van der Waals surface area contributed by atoms with Crippen molar-refractivity contribution in [2.24, 2.45) is 0 Å². The van der Waals surface area contributed by atoms with E-state index in [2.05, 4.69) is 10.6 Å². The number of hydrogen-bond donors (Lipinski definition) is 2. The monoisotopic (exact) mass is 362 g/mol. The van der Waals surface area contributed by atoms with Gasteiger partial charge in [-0.25, -0.2) is 0 Å². The molecule has 7 heteroatoms. The number of rotatable bonds is 11. The molecule has 0 amide bonds. The van der Waals surface area contributed by atoms with Crippen LogP contribution >= 0.6 is 12.2 Å². The average Bonchev–Trinajstić information content (AvgIpc) is 2.53. The van der Waals surface area contributed by atoms with Crippen LogP contribution in [-0.2, 0) is 13.3 Å². The van der Waals surface area contributed by atoms with Crippen molar-refractivity contribution in [2.45, 2.75) is 71.4 Å². The Morgan fingerprint density at radius 1 is 1.00 bits per heavy atom. The molecule has 0 unspecified atom stereocenters. The first-order valence-corrected chi connectivity index (χ1v) is 11.5. The summed E-state index contributed by atoms with van der Waals surface area (Å²) in [7, 11) is -2.51. The summed E-state index contributed by atoms with van der Waals surface area (Å²) in [6.45, 7) is 8.66. The lowest BCUT2D eigenvalue weighted by molar-refractivity contribution is 0.0709. The first-order valence-electron chi connectivity index (χ1n) is 9.12. The van der Waals surface area contributed by atoms with Crippen LogP contribution in [0.5, 0.6) is 0 Å². The van der Waals surface area contributed by atoms with Gasteiger partial charge in [0.15, 0.2) is 5.11 Å². The van der Waals surface area contributed by atoms with Crippen molar-refractivity contribution in [2.75, 3.05) is 26.4 Å². The van der Waals surface area contributed by atoms with Crippen molar-refractivity contribution in [3.8, 4) is 0 Å². The minimum absolute atomic E-state index is 0.549. The molecule has 0 aliphatic heterocycles. The zero-order valence-electron chi connectivity index (χ0n) is 15.0. The van der Waals surface area contributed by atoms with Crippen LogP contribution in [0.25, 0.3) is 0 Å².